The summed E-state index contributed by atoms with van der Waals surface area (Å²) in [5.74, 6) is -0.623. The van der Waals surface area contributed by atoms with Gasteiger partial charge in [0, 0.05) is 10.3 Å². The van der Waals surface area contributed by atoms with Crippen molar-refractivity contribution in [3.8, 4) is 6.07 Å². The van der Waals surface area contributed by atoms with Crippen LogP contribution in [0.5, 0.6) is 0 Å². The molecular formula is C13H16N2O4S. The van der Waals surface area contributed by atoms with Crippen molar-refractivity contribution in [1.29, 1.82) is 5.26 Å². The lowest BCUT2D eigenvalue weighted by atomic mass is 10.2. The zero-order valence-corrected chi connectivity index (χ0v) is 12.5. The molecule has 1 aromatic rings. The number of nitrogens with one attached hydrogen (secondary N) is 1. The van der Waals surface area contributed by atoms with Crippen molar-refractivity contribution in [2.75, 3.05) is 7.11 Å². The molecule has 0 radical (unpaired) electrons. The van der Waals surface area contributed by atoms with E-state index >= 15 is 0 Å². The highest BCUT2D eigenvalue weighted by atomic mass is 32.1. The van der Waals surface area contributed by atoms with Crippen molar-refractivity contribution in [2.24, 2.45) is 0 Å². The van der Waals surface area contributed by atoms with E-state index in [1.165, 1.54) is 24.5 Å². The Morgan fingerprint density at radius 3 is 2.55 bits per heavy atom. The summed E-state index contributed by atoms with van der Waals surface area (Å²) in [7, 11) is 1.23. The molecule has 0 saturated carbocycles. The summed E-state index contributed by atoms with van der Waals surface area (Å²) in [6, 6.07) is 2.51. The van der Waals surface area contributed by atoms with Gasteiger partial charge in [0.1, 0.15) is 11.7 Å². The Kier molecular flexibility index (Phi) is 5.11. The summed E-state index contributed by atoms with van der Waals surface area (Å²) in [5, 5.41) is 12.8. The van der Waals surface area contributed by atoms with Crippen LogP contribution in [0.4, 0.5) is 4.79 Å². The minimum Gasteiger partial charge on any atom is -0.467 e. The summed E-state index contributed by atoms with van der Waals surface area (Å²) in [6.45, 7) is 5.16. The minimum atomic E-state index is -0.984. The van der Waals surface area contributed by atoms with Gasteiger partial charge in [-0.1, -0.05) is 0 Å². The van der Waals surface area contributed by atoms with E-state index in [0.717, 1.165) is 0 Å². The third kappa shape index (κ3) is 4.55. The van der Waals surface area contributed by atoms with Crippen LogP contribution in [0.2, 0.25) is 0 Å². The van der Waals surface area contributed by atoms with Crippen LogP contribution >= 0.6 is 11.3 Å². The molecule has 108 valence electrons. The van der Waals surface area contributed by atoms with Gasteiger partial charge >= 0.3 is 12.1 Å². The van der Waals surface area contributed by atoms with Gasteiger partial charge in [0.25, 0.3) is 0 Å². The molecule has 0 aliphatic carbocycles. The Morgan fingerprint density at radius 2 is 2.10 bits per heavy atom. The highest BCUT2D eigenvalue weighted by Gasteiger charge is 2.27. The van der Waals surface area contributed by atoms with E-state index in [1.54, 1.807) is 26.2 Å². The number of nitriles is 1. The second-order valence-corrected chi connectivity index (χ2v) is 5.89. The lowest BCUT2D eigenvalue weighted by molar-refractivity contribution is -0.143. The van der Waals surface area contributed by atoms with Gasteiger partial charge < -0.3 is 14.8 Å². The standard InChI is InChI=1S/C13H16N2O4S/c1-13(2,3)19-12(17)15-10(11(16)18-4)9-5-8(6-14)7-20-9/h5,7,10H,1-4H3,(H,15,17)/t10-/m1/s1. The molecule has 1 heterocycles. The Hall–Kier alpha value is -2.07. The van der Waals surface area contributed by atoms with Crippen molar-refractivity contribution in [3.05, 3.63) is 21.9 Å². The molecule has 6 nitrogen and oxygen atoms in total. The van der Waals surface area contributed by atoms with E-state index in [0.29, 0.717) is 10.4 Å². The Bertz CT molecular complexity index is 539. The van der Waals surface area contributed by atoms with Crippen molar-refractivity contribution in [3.63, 3.8) is 0 Å². The second kappa shape index (κ2) is 6.39. The molecule has 0 aromatic carbocycles. The number of rotatable bonds is 3. The van der Waals surface area contributed by atoms with Crippen LogP contribution in [-0.2, 0) is 14.3 Å². The van der Waals surface area contributed by atoms with Gasteiger partial charge in [-0.3, -0.25) is 0 Å². The van der Waals surface area contributed by atoms with Gasteiger partial charge in [-0.2, -0.15) is 5.26 Å². The number of hydrogen-bond donors (Lipinski definition) is 1. The zero-order valence-electron chi connectivity index (χ0n) is 11.7. The summed E-state index contributed by atoms with van der Waals surface area (Å²) in [4.78, 5) is 24.0. The Balaban J connectivity index is 2.89. The smallest absolute Gasteiger partial charge is 0.408 e. The molecule has 20 heavy (non-hydrogen) atoms. The van der Waals surface area contributed by atoms with Crippen LogP contribution in [0.1, 0.15) is 37.3 Å². The van der Waals surface area contributed by atoms with Crippen molar-refractivity contribution in [1.82, 2.24) is 5.32 Å². The number of alkyl carbamates (subject to hydrolysis) is 1. The number of amides is 1. The van der Waals surface area contributed by atoms with E-state index < -0.39 is 23.7 Å². The Morgan fingerprint density at radius 1 is 1.45 bits per heavy atom. The topological polar surface area (TPSA) is 88.4 Å². The number of ether oxygens (including phenoxy) is 2. The van der Waals surface area contributed by atoms with Crippen LogP contribution in [-0.4, -0.2) is 24.8 Å². The van der Waals surface area contributed by atoms with E-state index in [1.807, 2.05) is 6.07 Å². The molecule has 0 aliphatic rings. The Labute approximate surface area is 121 Å². The van der Waals surface area contributed by atoms with Crippen molar-refractivity contribution < 1.29 is 19.1 Å². The van der Waals surface area contributed by atoms with E-state index in [4.69, 9.17) is 10.00 Å². The predicted octanol–water partition coefficient (Wildman–Crippen LogP) is 2.36. The lowest BCUT2D eigenvalue weighted by Gasteiger charge is -2.22. The summed E-state index contributed by atoms with van der Waals surface area (Å²) in [6.07, 6.45) is -0.722. The van der Waals surface area contributed by atoms with Crippen LogP contribution in [0.3, 0.4) is 0 Å². The zero-order chi connectivity index (χ0) is 15.3. The number of nitrogens with zero attached hydrogens (tertiary/aromatic N) is 1. The van der Waals surface area contributed by atoms with Crippen LogP contribution in [0.25, 0.3) is 0 Å². The highest BCUT2D eigenvalue weighted by molar-refractivity contribution is 7.10. The van der Waals surface area contributed by atoms with Crippen LogP contribution in [0, 0.1) is 11.3 Å². The van der Waals surface area contributed by atoms with Gasteiger partial charge in [0.15, 0.2) is 6.04 Å². The average Bonchev–Trinajstić information content (AvgIpc) is 2.81. The number of methoxy groups -OCH3 is 1. The third-order valence-electron chi connectivity index (χ3n) is 2.13. The van der Waals surface area contributed by atoms with Crippen LogP contribution < -0.4 is 5.32 Å². The molecule has 0 aliphatic heterocycles. The molecule has 0 unspecified atom stereocenters. The maximum atomic E-state index is 11.7. The SMILES string of the molecule is COC(=O)[C@H](NC(=O)OC(C)(C)C)c1cc(C#N)cs1. The third-order valence-corrected chi connectivity index (χ3v) is 3.13. The molecule has 0 saturated heterocycles. The quantitative estimate of drug-likeness (QED) is 0.865. The van der Waals surface area contributed by atoms with Crippen molar-refractivity contribution in [2.45, 2.75) is 32.4 Å². The number of esters is 1. The fourth-order valence-electron chi connectivity index (χ4n) is 1.35. The minimum absolute atomic E-state index is 0.421. The molecule has 0 fully saturated rings. The summed E-state index contributed by atoms with van der Waals surface area (Å²) >= 11 is 1.19. The first-order valence-electron chi connectivity index (χ1n) is 5.82. The molecule has 0 spiro atoms. The first-order chi connectivity index (χ1) is 9.26. The molecular weight excluding hydrogens is 280 g/mol. The van der Waals surface area contributed by atoms with Gasteiger partial charge in [-0.05, 0) is 26.8 Å². The van der Waals surface area contributed by atoms with E-state index in [9.17, 15) is 9.59 Å². The fourth-order valence-corrected chi connectivity index (χ4v) is 2.22. The summed E-state index contributed by atoms with van der Waals surface area (Å²) in [5.41, 5.74) is -0.247. The number of carbonyl (C=O) groups excluding carboxylic acids is 2. The molecule has 7 heteroatoms. The van der Waals surface area contributed by atoms with Crippen molar-refractivity contribution >= 4 is 23.4 Å². The highest BCUT2D eigenvalue weighted by Crippen LogP contribution is 2.23. The first kappa shape index (κ1) is 16.0. The summed E-state index contributed by atoms with van der Waals surface area (Å²) < 4.78 is 9.75. The molecule has 0 bridgehead atoms. The van der Waals surface area contributed by atoms with Crippen LogP contribution in [0.15, 0.2) is 11.4 Å². The second-order valence-electron chi connectivity index (χ2n) is 4.95. The largest absolute Gasteiger partial charge is 0.467 e. The average molecular weight is 296 g/mol. The molecule has 1 atom stereocenters. The number of hydrogen-bond acceptors (Lipinski definition) is 6. The van der Waals surface area contributed by atoms with Gasteiger partial charge in [-0.15, -0.1) is 11.3 Å². The van der Waals surface area contributed by atoms with Gasteiger partial charge in [0.05, 0.1) is 12.7 Å². The monoisotopic (exact) mass is 296 g/mol. The number of thiophene rings is 1. The molecule has 1 N–H and O–H groups in total. The van der Waals surface area contributed by atoms with E-state index in [2.05, 4.69) is 10.1 Å². The van der Waals surface area contributed by atoms with Gasteiger partial charge in [-0.25, -0.2) is 9.59 Å². The van der Waals surface area contributed by atoms with E-state index in [-0.39, 0.29) is 0 Å². The fraction of sp³-hybridized carbons (Fsp3) is 0.462. The number of carbonyl (C=O) groups is 2. The predicted molar refractivity (Wildman–Crippen MR) is 73.2 cm³/mol. The molecule has 1 amide bonds. The normalized spacial score (nSPS) is 12.2. The maximum absolute atomic E-state index is 11.7. The van der Waals surface area contributed by atoms with Gasteiger partial charge in [0.2, 0.25) is 0 Å². The molecule has 1 aromatic heterocycles. The maximum Gasteiger partial charge on any atom is 0.408 e. The first-order valence-corrected chi connectivity index (χ1v) is 6.70. The molecule has 1 rings (SSSR count). The lowest BCUT2D eigenvalue weighted by Crippen LogP contribution is -2.38.